The number of nitrogens with zero attached hydrogens (tertiary/aromatic N) is 7. The Balaban J connectivity index is 1.41. The Morgan fingerprint density at radius 3 is 1.26 bits per heavy atom. The van der Waals surface area contributed by atoms with Crippen molar-refractivity contribution in [3.63, 3.8) is 0 Å². The predicted octanol–water partition coefficient (Wildman–Crippen LogP) is 7.00. The van der Waals surface area contributed by atoms with E-state index in [9.17, 15) is 9.59 Å². The summed E-state index contributed by atoms with van der Waals surface area (Å²) < 4.78 is 0. The monoisotopic (exact) mass is 605 g/mol. The van der Waals surface area contributed by atoms with E-state index < -0.39 is 0 Å². The lowest BCUT2D eigenvalue weighted by molar-refractivity contribution is 0.0976. The summed E-state index contributed by atoms with van der Waals surface area (Å²) in [6.07, 6.45) is 0. The fourth-order valence-corrected chi connectivity index (χ4v) is 5.06. The third-order valence-corrected chi connectivity index (χ3v) is 7.32. The van der Waals surface area contributed by atoms with E-state index in [1.165, 1.54) is 0 Å². The molecule has 3 aromatic heterocycles. The number of rotatable bonds is 9. The molecule has 0 spiro atoms. The zero-order valence-corrected chi connectivity index (χ0v) is 25.5. The number of carbonyl (C=O) groups excluding carboxylic acids is 2. The lowest BCUT2D eigenvalue weighted by atomic mass is 10.2. The number of anilines is 2. The molecule has 226 valence electrons. The molecule has 0 fully saturated rings. The third-order valence-electron chi connectivity index (χ3n) is 7.32. The molecule has 0 N–H and O–H groups in total. The van der Waals surface area contributed by atoms with Crippen LogP contribution in [-0.4, -0.2) is 49.8 Å². The van der Waals surface area contributed by atoms with E-state index >= 15 is 0 Å². The Bertz CT molecular complexity index is 1850. The Morgan fingerprint density at radius 2 is 0.848 bits per heavy atom. The van der Waals surface area contributed by atoms with Crippen molar-refractivity contribution in [1.82, 2.24) is 24.9 Å². The van der Waals surface area contributed by atoms with Gasteiger partial charge in [0.2, 0.25) is 0 Å². The number of amides is 2. The molecule has 2 amide bonds. The zero-order valence-electron chi connectivity index (χ0n) is 25.5. The van der Waals surface area contributed by atoms with Crippen molar-refractivity contribution in [2.45, 2.75) is 13.8 Å². The maximum atomic E-state index is 13.6. The number of para-hydroxylation sites is 2. The molecule has 0 unspecified atom stereocenters. The summed E-state index contributed by atoms with van der Waals surface area (Å²) in [7, 11) is 0. The molecule has 3 heterocycles. The largest absolute Gasteiger partial charge is 0.307 e. The molecule has 46 heavy (non-hydrogen) atoms. The number of carbonyl (C=O) groups is 2. The quantitative estimate of drug-likeness (QED) is 0.175. The van der Waals surface area contributed by atoms with Crippen molar-refractivity contribution in [3.8, 4) is 34.4 Å². The summed E-state index contributed by atoms with van der Waals surface area (Å²) in [4.78, 5) is 54.1. The molecule has 6 rings (SSSR count). The summed E-state index contributed by atoms with van der Waals surface area (Å²) in [5, 5.41) is 0. The fourth-order valence-electron chi connectivity index (χ4n) is 5.06. The topological polar surface area (TPSA) is 105 Å². The van der Waals surface area contributed by atoms with E-state index in [0.29, 0.717) is 30.3 Å². The molecule has 6 aromatic rings. The van der Waals surface area contributed by atoms with Gasteiger partial charge < -0.3 is 9.80 Å². The molecular weight excluding hydrogens is 574 g/mol. The number of hydrogen-bond donors (Lipinski definition) is 0. The smallest absolute Gasteiger partial charge is 0.276 e. The number of pyridine rings is 2. The molecule has 0 aliphatic carbocycles. The lowest BCUT2D eigenvalue weighted by Gasteiger charge is -2.21. The van der Waals surface area contributed by atoms with Crippen LogP contribution in [0.3, 0.4) is 0 Å². The first-order valence-corrected chi connectivity index (χ1v) is 15.1. The van der Waals surface area contributed by atoms with Gasteiger partial charge in [-0.05, 0) is 62.4 Å². The van der Waals surface area contributed by atoms with Crippen LogP contribution in [0.1, 0.15) is 34.8 Å². The number of aromatic nitrogens is 5. The van der Waals surface area contributed by atoms with Gasteiger partial charge >= 0.3 is 0 Å². The molecule has 9 heteroatoms. The molecular formula is C37H31N7O2. The Morgan fingerprint density at radius 1 is 0.457 bits per heavy atom. The molecule has 0 saturated heterocycles. The van der Waals surface area contributed by atoms with Gasteiger partial charge in [-0.3, -0.25) is 9.59 Å². The van der Waals surface area contributed by atoms with E-state index in [2.05, 4.69) is 0 Å². The molecule has 0 aliphatic rings. The van der Waals surface area contributed by atoms with Crippen molar-refractivity contribution in [2.24, 2.45) is 0 Å². The van der Waals surface area contributed by atoms with Gasteiger partial charge in [0.25, 0.3) is 11.8 Å². The van der Waals surface area contributed by atoms with Crippen molar-refractivity contribution in [2.75, 3.05) is 22.9 Å². The Hall–Kier alpha value is -6.09. The first kappa shape index (κ1) is 30.0. The summed E-state index contributed by atoms with van der Waals surface area (Å²) in [6, 6.07) is 38.9. The van der Waals surface area contributed by atoms with Crippen LogP contribution in [0.2, 0.25) is 0 Å². The Kier molecular flexibility index (Phi) is 8.92. The molecule has 9 nitrogen and oxygen atoms in total. The van der Waals surface area contributed by atoms with Gasteiger partial charge in [-0.25, -0.2) is 24.9 Å². The molecule has 0 aliphatic heterocycles. The highest BCUT2D eigenvalue weighted by atomic mass is 16.2. The number of hydrogen-bond acceptors (Lipinski definition) is 7. The van der Waals surface area contributed by atoms with Crippen LogP contribution in [-0.2, 0) is 0 Å². The van der Waals surface area contributed by atoms with E-state index in [-0.39, 0.29) is 34.9 Å². The molecule has 0 radical (unpaired) electrons. The predicted molar refractivity (Wildman–Crippen MR) is 179 cm³/mol. The lowest BCUT2D eigenvalue weighted by Crippen LogP contribution is -2.31. The summed E-state index contributed by atoms with van der Waals surface area (Å²) in [5.74, 6) is 0.495. The summed E-state index contributed by atoms with van der Waals surface area (Å²) in [5.41, 5.74) is 3.68. The first-order chi connectivity index (χ1) is 22.6. The second-order valence-electron chi connectivity index (χ2n) is 10.3. The van der Waals surface area contributed by atoms with Crippen molar-refractivity contribution < 1.29 is 9.59 Å². The maximum absolute atomic E-state index is 13.6. The van der Waals surface area contributed by atoms with Crippen LogP contribution < -0.4 is 9.80 Å². The minimum atomic E-state index is -0.236. The van der Waals surface area contributed by atoms with Gasteiger partial charge in [0.1, 0.15) is 22.8 Å². The molecule has 3 aromatic carbocycles. The second kappa shape index (κ2) is 13.7. The standard InChI is InChI=1S/C37H31N7O2/c1-3-43(27-18-10-6-11-19-27)36(45)31-24-14-22-29(38-31)34-40-33(26-16-8-5-9-17-26)41-35(42-34)30-23-15-25-32(39-30)37(46)44(4-2)28-20-12-7-13-21-28/h5-25H,3-4H2,1-2H3. The minimum Gasteiger partial charge on any atom is -0.307 e. The van der Waals surface area contributed by atoms with E-state index in [0.717, 1.165) is 16.9 Å². The average Bonchev–Trinajstić information content (AvgIpc) is 3.13. The highest BCUT2D eigenvalue weighted by Crippen LogP contribution is 2.25. The Labute approximate surface area is 267 Å². The number of benzene rings is 3. The van der Waals surface area contributed by atoms with Crippen molar-refractivity contribution in [1.29, 1.82) is 0 Å². The van der Waals surface area contributed by atoms with E-state index in [1.807, 2.05) is 105 Å². The summed E-state index contributed by atoms with van der Waals surface area (Å²) >= 11 is 0. The van der Waals surface area contributed by atoms with Crippen LogP contribution in [0.4, 0.5) is 11.4 Å². The van der Waals surface area contributed by atoms with E-state index in [4.69, 9.17) is 24.9 Å². The summed E-state index contributed by atoms with van der Waals surface area (Å²) in [6.45, 7) is 4.79. The minimum absolute atomic E-state index is 0.236. The zero-order chi connectivity index (χ0) is 31.9. The van der Waals surface area contributed by atoms with Gasteiger partial charge in [0, 0.05) is 30.0 Å². The first-order valence-electron chi connectivity index (χ1n) is 15.1. The fraction of sp³-hybridized carbons (Fsp3) is 0.108. The maximum Gasteiger partial charge on any atom is 0.276 e. The van der Waals surface area contributed by atoms with Crippen LogP contribution in [0.5, 0.6) is 0 Å². The highest BCUT2D eigenvalue weighted by molar-refractivity contribution is 6.05. The normalized spacial score (nSPS) is 10.7. The molecule has 0 bridgehead atoms. The molecule has 0 saturated carbocycles. The second-order valence-corrected chi connectivity index (χ2v) is 10.3. The van der Waals surface area contributed by atoms with Crippen LogP contribution in [0, 0.1) is 0 Å². The van der Waals surface area contributed by atoms with Crippen LogP contribution in [0.15, 0.2) is 127 Å². The van der Waals surface area contributed by atoms with Gasteiger partial charge in [-0.1, -0.05) is 78.9 Å². The van der Waals surface area contributed by atoms with E-state index in [1.54, 1.807) is 46.2 Å². The van der Waals surface area contributed by atoms with Crippen molar-refractivity contribution in [3.05, 3.63) is 139 Å². The van der Waals surface area contributed by atoms with Crippen LogP contribution in [0.25, 0.3) is 34.4 Å². The highest BCUT2D eigenvalue weighted by Gasteiger charge is 2.21. The van der Waals surface area contributed by atoms with Gasteiger partial charge in [-0.2, -0.15) is 0 Å². The van der Waals surface area contributed by atoms with Crippen LogP contribution >= 0.6 is 0 Å². The van der Waals surface area contributed by atoms with Gasteiger partial charge in [0.05, 0.1) is 0 Å². The SMILES string of the molecule is CCN(C(=O)c1cccc(-c2nc(-c3ccccc3)nc(-c3cccc(C(=O)N(CC)c4ccccc4)n3)n2)n1)c1ccccc1. The van der Waals surface area contributed by atoms with Gasteiger partial charge in [0.15, 0.2) is 17.5 Å². The van der Waals surface area contributed by atoms with Crippen molar-refractivity contribution >= 4 is 23.2 Å². The molecule has 0 atom stereocenters. The third kappa shape index (κ3) is 6.39. The van der Waals surface area contributed by atoms with Gasteiger partial charge in [-0.15, -0.1) is 0 Å². The average molecular weight is 606 g/mol.